The van der Waals surface area contributed by atoms with Gasteiger partial charge in [0, 0.05) is 195 Å². The number of benzene rings is 5. The van der Waals surface area contributed by atoms with Crippen LogP contribution in [0, 0.1) is 0 Å². The van der Waals surface area contributed by atoms with E-state index in [1.54, 1.807) is 20.8 Å². The molecule has 0 aliphatic carbocycles. The number of allylic oxidation sites excluding steroid dienone is 2. The number of carbonyl (C=O) groups is 1. The predicted molar refractivity (Wildman–Crippen MR) is 458 cm³/mol. The van der Waals surface area contributed by atoms with Gasteiger partial charge in [0.15, 0.2) is 24.5 Å². The molecular formula is C94H133O5S6+5. The van der Waals surface area contributed by atoms with E-state index in [2.05, 4.69) is 244 Å². The minimum absolute atomic E-state index is 0.164. The maximum absolute atomic E-state index is 11.7. The van der Waals surface area contributed by atoms with E-state index in [4.69, 9.17) is 14.2 Å². The Bertz CT molecular complexity index is 3630. The van der Waals surface area contributed by atoms with Crippen molar-refractivity contribution in [2.75, 3.05) is 25.6 Å². The van der Waals surface area contributed by atoms with E-state index in [9.17, 15) is 9.90 Å². The Hall–Kier alpha value is -2.97. The first-order valence-electron chi connectivity index (χ1n) is 40.8. The largest absolute Gasteiger partial charge is 0.463 e. The molecule has 1 N–H and O–H groups in total. The molecule has 105 heavy (non-hydrogen) atoms. The molecule has 12 aliphatic heterocycles. The Morgan fingerprint density at radius 2 is 0.705 bits per heavy atom. The maximum Gasteiger partial charge on any atom is 0.330 e. The van der Waals surface area contributed by atoms with Crippen molar-refractivity contribution in [3.05, 3.63) is 173 Å². The van der Waals surface area contributed by atoms with Crippen LogP contribution < -0.4 is 0 Å². The summed E-state index contributed by atoms with van der Waals surface area (Å²) in [7, 11) is 2.17. The number of epoxide rings is 1. The molecule has 12 saturated heterocycles. The van der Waals surface area contributed by atoms with Crippen molar-refractivity contribution in [2.24, 2.45) is 0 Å². The molecule has 5 aromatic rings. The lowest BCUT2D eigenvalue weighted by Crippen LogP contribution is -2.43. The number of thioether (sulfide) groups is 1. The first-order chi connectivity index (χ1) is 49.5. The summed E-state index contributed by atoms with van der Waals surface area (Å²) in [6, 6.07) is 47.3. The minimum atomic E-state index is -0.416. The molecule has 5 aromatic carbocycles. The molecule has 12 heterocycles. The third-order valence-corrected chi connectivity index (χ3v) is 41.8. The average molecular weight is 1540 g/mol. The van der Waals surface area contributed by atoms with Crippen LogP contribution in [0.5, 0.6) is 0 Å². The zero-order valence-corrected chi connectivity index (χ0v) is 72.5. The van der Waals surface area contributed by atoms with Crippen molar-refractivity contribution in [3.63, 3.8) is 0 Å². The number of hydrogen-bond acceptors (Lipinski definition) is 6. The van der Waals surface area contributed by atoms with Crippen LogP contribution in [0.4, 0.5) is 0 Å². The quantitative estimate of drug-likeness (QED) is 0.0576. The number of fused-ring (bicyclic) bond motifs is 10. The van der Waals surface area contributed by atoms with Gasteiger partial charge in [-0.25, -0.2) is 4.79 Å². The van der Waals surface area contributed by atoms with Crippen molar-refractivity contribution >= 4 is 72.2 Å². The van der Waals surface area contributed by atoms with Gasteiger partial charge in [0.25, 0.3) is 0 Å². The predicted octanol–water partition coefficient (Wildman–Crippen LogP) is 22.5. The van der Waals surface area contributed by atoms with Crippen LogP contribution in [-0.2, 0) is 101 Å². The fourth-order valence-corrected chi connectivity index (χ4v) is 38.4. The third kappa shape index (κ3) is 18.9. The molecule has 0 radical (unpaired) electrons. The van der Waals surface area contributed by atoms with Gasteiger partial charge in [-0.2, -0.15) is 0 Å². The van der Waals surface area contributed by atoms with Crippen molar-refractivity contribution < 1.29 is 24.1 Å². The van der Waals surface area contributed by atoms with Crippen LogP contribution in [-0.4, -0.2) is 105 Å². The molecule has 5 nitrogen and oxygen atoms in total. The van der Waals surface area contributed by atoms with E-state index in [0.29, 0.717) is 87.7 Å². The number of hydrogen-bond donors (Lipinski definition) is 1. The average Bonchev–Trinajstić information content (AvgIpc) is 1.58. The van der Waals surface area contributed by atoms with Crippen LogP contribution in [0.1, 0.15) is 274 Å². The Morgan fingerprint density at radius 1 is 0.438 bits per heavy atom. The lowest BCUT2D eigenvalue weighted by atomic mass is 9.87. The number of aliphatic hydroxyl groups is 1. The van der Waals surface area contributed by atoms with Gasteiger partial charge in [-0.05, 0) is 129 Å². The molecule has 10 bridgehead atoms. The van der Waals surface area contributed by atoms with Gasteiger partial charge in [0.05, 0.1) is 25.4 Å². The zero-order chi connectivity index (χ0) is 74.8. The Balaban J connectivity index is 0.000000117. The minimum Gasteiger partial charge on any atom is -0.463 e. The van der Waals surface area contributed by atoms with Crippen molar-refractivity contribution in [2.45, 2.75) is 366 Å². The van der Waals surface area contributed by atoms with Crippen LogP contribution in [0.15, 0.2) is 170 Å². The molecule has 0 amide bonds. The Labute approximate surface area is 655 Å². The summed E-state index contributed by atoms with van der Waals surface area (Å²) in [6.07, 6.45) is 27.4. The van der Waals surface area contributed by atoms with Crippen molar-refractivity contribution in [1.29, 1.82) is 0 Å². The molecule has 11 heteroatoms. The van der Waals surface area contributed by atoms with Gasteiger partial charge < -0.3 is 19.3 Å². The van der Waals surface area contributed by atoms with Crippen LogP contribution in [0.2, 0.25) is 0 Å². The summed E-state index contributed by atoms with van der Waals surface area (Å²) < 4.78 is 17.0. The van der Waals surface area contributed by atoms with Gasteiger partial charge in [0.2, 0.25) is 0 Å². The second kappa shape index (κ2) is 31.9. The second-order valence-electron chi connectivity index (χ2n) is 38.8. The molecular weight excluding hydrogens is 1400 g/mol. The Morgan fingerprint density at radius 3 is 0.971 bits per heavy atom. The summed E-state index contributed by atoms with van der Waals surface area (Å²) in [4.78, 5) is 19.8. The first kappa shape index (κ1) is 80.1. The molecule has 17 rings (SSSR count). The topological polar surface area (TPSA) is 68.3 Å². The second-order valence-corrected chi connectivity index (χ2v) is 52.9. The molecule has 0 aromatic heterocycles. The maximum atomic E-state index is 11.7. The van der Waals surface area contributed by atoms with E-state index in [-0.39, 0.29) is 38.0 Å². The Kier molecular flexibility index (Phi) is 24.3. The molecule has 10 unspecified atom stereocenters. The monoisotopic (exact) mass is 1530 g/mol. The smallest absolute Gasteiger partial charge is 0.330 e. The van der Waals surface area contributed by atoms with Gasteiger partial charge >= 0.3 is 5.97 Å². The highest BCUT2D eigenvalue weighted by Gasteiger charge is 2.64. The van der Waals surface area contributed by atoms with Gasteiger partial charge in [0.1, 0.15) is 63.0 Å². The van der Waals surface area contributed by atoms with E-state index in [1.165, 1.54) is 157 Å². The highest BCUT2D eigenvalue weighted by atomic mass is 32.2. The van der Waals surface area contributed by atoms with Gasteiger partial charge in [-0.3, -0.25) is 0 Å². The van der Waals surface area contributed by atoms with Gasteiger partial charge in [-0.15, -0.1) is 11.8 Å². The lowest BCUT2D eigenvalue weighted by Gasteiger charge is -2.35. The van der Waals surface area contributed by atoms with E-state index in [1.807, 2.05) is 13.8 Å². The summed E-state index contributed by atoms with van der Waals surface area (Å²) in [5.41, 5.74) is 11.1. The molecule has 570 valence electrons. The fourth-order valence-electron chi connectivity index (χ4n) is 19.6. The summed E-state index contributed by atoms with van der Waals surface area (Å²) in [5, 5.41) is 18.5. The van der Waals surface area contributed by atoms with Crippen LogP contribution >= 0.6 is 11.8 Å². The highest BCUT2D eigenvalue weighted by molar-refractivity contribution is 8.01. The standard InChI is InChI=1S/C21H29O2S.C19H27OS2.C18H25OS.C18H27OS.C18H25S/c1-5-23-20(22)14-15-12-18-10-11-19(13-15)24(18)17-8-6-16(7-9-17)21(2,3)4;1-18(2,3)14-4-6-15(7-5-14)22-16-8-9-17(22)13-19(12-16)20-10-11-21-19;1-17(2,3)13-4-6-14(7-5-13)20-15-8-9-16(20)11-18(10-15)12-19-18;1-17(2,3)13-5-7-14(8-6-13)20-15-9-10-16(20)12-18(4,19)11-15;1-13-11-16-9-10-17(12-13)19(16)15-7-5-14(6-8-15)18(2,3)4/h6-9,14,18-19H,5,10-13H2,1-4H3;4-7,16-17H,8-13H2,1-3H3;4-7,15-16H,8-12H2,1-3H3;5-8,15-16,19H,9-12H2,1-4H3;5-8,16-17H,1,9-12H2,2-4H3/q5*+1. The highest BCUT2D eigenvalue weighted by Crippen LogP contribution is 2.57. The number of carbonyl (C=O) groups excluding carboxylic acids is 1. The van der Waals surface area contributed by atoms with Crippen LogP contribution in [0.25, 0.3) is 0 Å². The molecule has 12 aliphatic rings. The van der Waals surface area contributed by atoms with E-state index < -0.39 is 5.60 Å². The zero-order valence-electron chi connectivity index (χ0n) is 67.6. The SMILES string of the molecule is C=C1CC2CCC(C1)[S+]2c1ccc(C(C)(C)C)cc1.CC(C)(C)c1ccc([S+]2C3CCC2CC2(C3)OCCS2)cc1.CC(C)(C)c1ccc([S+]2C3CCC2CC2(CO2)C3)cc1.CC1(O)CC2CCC(C1)[S+]2c1ccc(C(C)(C)C)cc1.CCOC(=O)C=C1CC2CCC(C1)[S+]2c1ccc(C(C)(C)C)cc1. The first-order valence-corrected chi connectivity index (χ1v) is 48.6. The normalized spacial score (nSPS) is 34.1. The van der Waals surface area contributed by atoms with Crippen LogP contribution in [0.3, 0.4) is 0 Å². The van der Waals surface area contributed by atoms with E-state index >= 15 is 0 Å². The summed E-state index contributed by atoms with van der Waals surface area (Å²) in [5.74, 6) is 1.04. The molecule has 2 spiro atoms. The molecule has 0 saturated carbocycles. The van der Waals surface area contributed by atoms with Crippen molar-refractivity contribution in [1.82, 2.24) is 0 Å². The fraction of sp³-hybridized carbons (Fsp3) is 0.628. The summed E-state index contributed by atoms with van der Waals surface area (Å²) >= 11 is 2.10. The van der Waals surface area contributed by atoms with Crippen molar-refractivity contribution in [3.8, 4) is 0 Å². The molecule has 12 fully saturated rings. The number of ether oxygens (including phenoxy) is 3. The lowest BCUT2D eigenvalue weighted by molar-refractivity contribution is -0.137. The van der Waals surface area contributed by atoms with E-state index in [0.717, 1.165) is 70.4 Å². The third-order valence-electron chi connectivity index (χ3n) is 25.2. The number of rotatable bonds is 7. The van der Waals surface area contributed by atoms with Gasteiger partial charge in [-0.1, -0.05) is 182 Å². The molecule has 10 atom stereocenters. The summed E-state index contributed by atoms with van der Waals surface area (Å²) in [6.45, 7) is 44.8. The number of esters is 1.